The van der Waals surface area contributed by atoms with Crippen LogP contribution in [0.5, 0.6) is 5.75 Å². The molecule has 4 aromatic rings. The number of para-hydroxylation sites is 1. The molecule has 0 radical (unpaired) electrons. The van der Waals surface area contributed by atoms with Gasteiger partial charge < -0.3 is 10.1 Å². The molecule has 1 fully saturated rings. The first kappa shape index (κ1) is 24.3. The van der Waals surface area contributed by atoms with Gasteiger partial charge in [0.05, 0.1) is 4.91 Å². The minimum absolute atomic E-state index is 0.245. The molecule has 0 unspecified atom stereocenters. The van der Waals surface area contributed by atoms with Crippen molar-refractivity contribution >= 4 is 51.4 Å². The van der Waals surface area contributed by atoms with Crippen molar-refractivity contribution in [3.63, 3.8) is 0 Å². The number of ether oxygens (including phenoxy) is 1. The summed E-state index contributed by atoms with van der Waals surface area (Å²) in [6.45, 7) is 1.95. The van der Waals surface area contributed by atoms with Crippen molar-refractivity contribution in [3.05, 3.63) is 113 Å². The lowest BCUT2D eigenvalue weighted by molar-refractivity contribution is -0.127. The summed E-state index contributed by atoms with van der Waals surface area (Å²) in [4.78, 5) is 39.2. The first-order valence-electron chi connectivity index (χ1n) is 11.8. The van der Waals surface area contributed by atoms with Crippen LogP contribution < -0.4 is 10.1 Å². The summed E-state index contributed by atoms with van der Waals surface area (Å²) in [5.41, 5.74) is 3.40. The third-order valence-electron chi connectivity index (χ3n) is 5.98. The molecule has 1 aliphatic rings. The van der Waals surface area contributed by atoms with Gasteiger partial charge in [-0.25, -0.2) is 0 Å². The van der Waals surface area contributed by atoms with Crippen LogP contribution in [0, 0.1) is 6.92 Å². The molecule has 1 heterocycles. The average molecular weight is 509 g/mol. The number of amides is 3. The summed E-state index contributed by atoms with van der Waals surface area (Å²) < 4.78 is 6.14. The third-order valence-corrected chi connectivity index (χ3v) is 6.89. The molecule has 4 aromatic carbocycles. The Labute approximate surface area is 218 Å². The SMILES string of the molecule is Cc1ccc(NC(=O)CN2C(=O)S/C(=C\c3ccccc3OCc3cccc4ccccc34)C2=O)cc1. The number of nitrogens with one attached hydrogen (secondary N) is 1. The lowest BCUT2D eigenvalue weighted by Crippen LogP contribution is -2.36. The van der Waals surface area contributed by atoms with Gasteiger partial charge in [-0.15, -0.1) is 0 Å². The Morgan fingerprint density at radius 1 is 0.919 bits per heavy atom. The lowest BCUT2D eigenvalue weighted by atomic mass is 10.1. The summed E-state index contributed by atoms with van der Waals surface area (Å²) in [6, 6.07) is 28.9. The molecule has 1 aliphatic heterocycles. The van der Waals surface area contributed by atoms with E-state index in [0.717, 1.165) is 38.6 Å². The van der Waals surface area contributed by atoms with E-state index in [1.807, 2.05) is 67.6 Å². The number of hydrogen-bond donors (Lipinski definition) is 1. The molecule has 5 rings (SSSR count). The number of imide groups is 1. The molecular weight excluding hydrogens is 484 g/mol. The predicted octanol–water partition coefficient (Wildman–Crippen LogP) is 6.40. The minimum atomic E-state index is -0.502. The molecule has 184 valence electrons. The molecule has 1 N–H and O–H groups in total. The van der Waals surface area contributed by atoms with Crippen molar-refractivity contribution in [2.45, 2.75) is 13.5 Å². The maximum Gasteiger partial charge on any atom is 0.294 e. The number of anilines is 1. The number of aryl methyl sites for hydroxylation is 1. The Hall–Kier alpha value is -4.36. The lowest BCUT2D eigenvalue weighted by Gasteiger charge is -2.13. The molecule has 0 atom stereocenters. The molecule has 0 aliphatic carbocycles. The fourth-order valence-corrected chi connectivity index (χ4v) is 4.89. The van der Waals surface area contributed by atoms with Gasteiger partial charge in [-0.05, 0) is 59.3 Å². The second kappa shape index (κ2) is 10.7. The van der Waals surface area contributed by atoms with Gasteiger partial charge in [0.1, 0.15) is 18.9 Å². The second-order valence-electron chi connectivity index (χ2n) is 8.65. The van der Waals surface area contributed by atoms with Crippen LogP contribution in [0.3, 0.4) is 0 Å². The van der Waals surface area contributed by atoms with Crippen LogP contribution in [0.15, 0.2) is 95.9 Å². The van der Waals surface area contributed by atoms with Gasteiger partial charge in [0.25, 0.3) is 11.1 Å². The highest BCUT2D eigenvalue weighted by molar-refractivity contribution is 8.18. The van der Waals surface area contributed by atoms with E-state index in [9.17, 15) is 14.4 Å². The van der Waals surface area contributed by atoms with E-state index in [-0.39, 0.29) is 11.4 Å². The fraction of sp³-hybridized carbons (Fsp3) is 0.100. The fourth-order valence-electron chi connectivity index (χ4n) is 4.06. The zero-order valence-electron chi connectivity index (χ0n) is 20.1. The van der Waals surface area contributed by atoms with Crippen molar-refractivity contribution in [1.29, 1.82) is 0 Å². The Morgan fingerprint density at radius 2 is 1.65 bits per heavy atom. The Balaban J connectivity index is 1.29. The monoisotopic (exact) mass is 508 g/mol. The van der Waals surface area contributed by atoms with E-state index >= 15 is 0 Å². The van der Waals surface area contributed by atoms with Gasteiger partial charge in [0, 0.05) is 11.3 Å². The van der Waals surface area contributed by atoms with Gasteiger partial charge >= 0.3 is 0 Å². The molecule has 7 heteroatoms. The molecule has 1 saturated heterocycles. The van der Waals surface area contributed by atoms with E-state index in [2.05, 4.69) is 23.5 Å². The van der Waals surface area contributed by atoms with Crippen molar-refractivity contribution in [2.75, 3.05) is 11.9 Å². The van der Waals surface area contributed by atoms with Gasteiger partial charge in [-0.1, -0.05) is 78.4 Å². The van der Waals surface area contributed by atoms with Crippen molar-refractivity contribution in [3.8, 4) is 5.75 Å². The average Bonchev–Trinajstić information content (AvgIpc) is 3.16. The van der Waals surface area contributed by atoms with E-state index < -0.39 is 17.1 Å². The zero-order chi connectivity index (χ0) is 25.8. The van der Waals surface area contributed by atoms with Crippen LogP contribution >= 0.6 is 11.8 Å². The molecule has 0 spiro atoms. The molecular formula is C30H24N2O4S. The first-order valence-corrected chi connectivity index (χ1v) is 12.6. The number of thioether (sulfide) groups is 1. The van der Waals surface area contributed by atoms with Crippen LogP contribution in [0.25, 0.3) is 16.8 Å². The number of rotatable bonds is 7. The van der Waals surface area contributed by atoms with Crippen LogP contribution in [0.2, 0.25) is 0 Å². The van der Waals surface area contributed by atoms with E-state index in [0.29, 0.717) is 23.6 Å². The normalized spacial score (nSPS) is 14.4. The van der Waals surface area contributed by atoms with Crippen molar-refractivity contribution in [1.82, 2.24) is 4.90 Å². The third kappa shape index (κ3) is 5.57. The molecule has 0 saturated carbocycles. The van der Waals surface area contributed by atoms with Crippen molar-refractivity contribution in [2.24, 2.45) is 0 Å². The Kier molecular flexibility index (Phi) is 7.05. The van der Waals surface area contributed by atoms with Gasteiger partial charge in [-0.3, -0.25) is 19.3 Å². The van der Waals surface area contributed by atoms with E-state index in [1.54, 1.807) is 18.2 Å². The molecule has 0 bridgehead atoms. The molecule has 37 heavy (non-hydrogen) atoms. The van der Waals surface area contributed by atoms with Gasteiger partial charge in [0.15, 0.2) is 0 Å². The smallest absolute Gasteiger partial charge is 0.294 e. The van der Waals surface area contributed by atoms with Crippen molar-refractivity contribution < 1.29 is 19.1 Å². The van der Waals surface area contributed by atoms with Gasteiger partial charge in [-0.2, -0.15) is 0 Å². The van der Waals surface area contributed by atoms with Crippen LogP contribution in [-0.2, 0) is 16.2 Å². The second-order valence-corrected chi connectivity index (χ2v) is 9.64. The highest BCUT2D eigenvalue weighted by Crippen LogP contribution is 2.34. The Morgan fingerprint density at radius 3 is 2.49 bits per heavy atom. The van der Waals surface area contributed by atoms with E-state index in [1.165, 1.54) is 0 Å². The topological polar surface area (TPSA) is 75.7 Å². The summed E-state index contributed by atoms with van der Waals surface area (Å²) in [5.74, 6) is -0.344. The molecule has 0 aromatic heterocycles. The Bertz CT molecular complexity index is 1520. The van der Waals surface area contributed by atoms with Crippen LogP contribution in [0.1, 0.15) is 16.7 Å². The van der Waals surface area contributed by atoms with Crippen LogP contribution in [-0.4, -0.2) is 28.5 Å². The zero-order valence-corrected chi connectivity index (χ0v) is 21.0. The number of benzene rings is 4. The first-order chi connectivity index (χ1) is 18.0. The maximum absolute atomic E-state index is 13.0. The summed E-state index contributed by atoms with van der Waals surface area (Å²) >= 11 is 0.815. The van der Waals surface area contributed by atoms with Crippen LogP contribution in [0.4, 0.5) is 10.5 Å². The summed E-state index contributed by atoms with van der Waals surface area (Å²) in [6.07, 6.45) is 1.64. The maximum atomic E-state index is 13.0. The molecule has 6 nitrogen and oxygen atoms in total. The largest absolute Gasteiger partial charge is 0.488 e. The number of carbonyl (C=O) groups excluding carboxylic acids is 3. The number of fused-ring (bicyclic) bond motifs is 1. The van der Waals surface area contributed by atoms with Gasteiger partial charge in [0.2, 0.25) is 5.91 Å². The predicted molar refractivity (Wildman–Crippen MR) is 147 cm³/mol. The number of nitrogens with zero attached hydrogens (tertiary/aromatic N) is 1. The number of hydrogen-bond acceptors (Lipinski definition) is 5. The van der Waals surface area contributed by atoms with E-state index in [4.69, 9.17) is 4.74 Å². The molecule has 3 amide bonds. The number of carbonyl (C=O) groups is 3. The summed E-state index contributed by atoms with van der Waals surface area (Å²) in [5, 5.41) is 4.49. The quantitative estimate of drug-likeness (QED) is 0.292. The highest BCUT2D eigenvalue weighted by atomic mass is 32.2. The minimum Gasteiger partial charge on any atom is -0.488 e. The standard InChI is InChI=1S/C30H24N2O4S/c1-20-13-15-24(16-14-20)31-28(33)18-32-29(34)27(37-30(32)35)17-22-8-3-5-12-26(22)36-19-23-10-6-9-21-7-2-4-11-25(21)23/h2-17H,18-19H2,1H3,(H,31,33)/b27-17-. The highest BCUT2D eigenvalue weighted by Gasteiger charge is 2.36. The summed E-state index contributed by atoms with van der Waals surface area (Å²) in [7, 11) is 0.